The van der Waals surface area contributed by atoms with Crippen molar-refractivity contribution in [2.24, 2.45) is 5.92 Å². The molecule has 0 unspecified atom stereocenters. The summed E-state index contributed by atoms with van der Waals surface area (Å²) < 4.78 is 67.4. The van der Waals surface area contributed by atoms with Crippen molar-refractivity contribution < 1.29 is 21.6 Å². The third kappa shape index (κ3) is 4.28. The first kappa shape index (κ1) is 22.8. The minimum Gasteiger partial charge on any atom is -0.378 e. The fraction of sp³-hybridized carbons (Fsp3) is 0.200. The van der Waals surface area contributed by atoms with Crippen LogP contribution in [-0.4, -0.2) is 8.42 Å². The number of nitrogens with one attached hydrogen (secondary N) is 2. The molecule has 2 N–H and O–H groups in total. The normalized spacial score (nSPS) is 21.5. The monoisotopic (exact) mass is 504 g/mol. The van der Waals surface area contributed by atoms with E-state index in [0.717, 1.165) is 35.4 Å². The van der Waals surface area contributed by atoms with Gasteiger partial charge in [0.05, 0.1) is 16.5 Å². The molecule has 3 aromatic carbocycles. The number of fused-ring (bicyclic) bond motifs is 3. The van der Waals surface area contributed by atoms with E-state index in [9.17, 15) is 21.6 Å². The van der Waals surface area contributed by atoms with Crippen LogP contribution in [0, 0.1) is 5.92 Å². The van der Waals surface area contributed by atoms with Gasteiger partial charge in [0.15, 0.2) is 0 Å². The highest BCUT2D eigenvalue weighted by molar-refractivity contribution is 7.92. The van der Waals surface area contributed by atoms with E-state index in [1.54, 1.807) is 12.1 Å². The number of hydrogen-bond donors (Lipinski definition) is 2. The second-order valence-electron chi connectivity index (χ2n) is 8.46. The largest absolute Gasteiger partial charge is 0.416 e. The number of sulfonamides is 1. The molecular weight excluding hydrogens is 485 g/mol. The van der Waals surface area contributed by atoms with Crippen LogP contribution in [0.25, 0.3) is 0 Å². The highest BCUT2D eigenvalue weighted by Crippen LogP contribution is 2.50. The van der Waals surface area contributed by atoms with Gasteiger partial charge in [0.2, 0.25) is 0 Å². The Balaban J connectivity index is 1.47. The number of anilines is 2. The van der Waals surface area contributed by atoms with Crippen LogP contribution in [0.15, 0.2) is 83.8 Å². The van der Waals surface area contributed by atoms with Crippen molar-refractivity contribution in [3.8, 4) is 0 Å². The third-order valence-corrected chi connectivity index (χ3v) is 7.91. The smallest absolute Gasteiger partial charge is 0.378 e. The van der Waals surface area contributed by atoms with Gasteiger partial charge in [-0.25, -0.2) is 8.42 Å². The maximum absolute atomic E-state index is 13.0. The van der Waals surface area contributed by atoms with E-state index in [0.29, 0.717) is 5.02 Å². The van der Waals surface area contributed by atoms with Gasteiger partial charge in [-0.1, -0.05) is 42.0 Å². The zero-order valence-electron chi connectivity index (χ0n) is 17.7. The average molecular weight is 505 g/mol. The zero-order valence-corrected chi connectivity index (χ0v) is 19.3. The van der Waals surface area contributed by atoms with Crippen LogP contribution in [-0.2, 0) is 16.2 Å². The summed E-state index contributed by atoms with van der Waals surface area (Å²) in [5, 5.41) is 4.17. The first-order valence-corrected chi connectivity index (χ1v) is 12.5. The Morgan fingerprint density at radius 2 is 1.79 bits per heavy atom. The second kappa shape index (κ2) is 8.36. The Labute approximate surface area is 200 Å². The topological polar surface area (TPSA) is 58.2 Å². The van der Waals surface area contributed by atoms with Crippen LogP contribution in [0.5, 0.6) is 0 Å². The fourth-order valence-electron chi connectivity index (χ4n) is 4.74. The molecule has 0 saturated heterocycles. The summed E-state index contributed by atoms with van der Waals surface area (Å²) in [7, 11) is -4.10. The van der Waals surface area contributed by atoms with Crippen molar-refractivity contribution in [2.45, 2.75) is 29.5 Å². The van der Waals surface area contributed by atoms with Crippen LogP contribution in [0.1, 0.15) is 35.1 Å². The maximum Gasteiger partial charge on any atom is 0.416 e. The zero-order chi connectivity index (χ0) is 24.1. The highest BCUT2D eigenvalue weighted by Gasteiger charge is 2.38. The van der Waals surface area contributed by atoms with Crippen LogP contribution < -0.4 is 10.0 Å². The fourth-order valence-corrected chi connectivity index (χ4v) is 6.03. The number of hydrogen-bond acceptors (Lipinski definition) is 3. The molecule has 9 heteroatoms. The molecule has 3 aromatic rings. The van der Waals surface area contributed by atoms with Gasteiger partial charge in [-0.05, 0) is 72.0 Å². The van der Waals surface area contributed by atoms with Crippen LogP contribution in [0.3, 0.4) is 0 Å². The summed E-state index contributed by atoms with van der Waals surface area (Å²) in [6.07, 6.45) is 0.431. The minimum absolute atomic E-state index is 0.00365. The standard InChI is InChI=1S/C25H20ClF3N2O2S/c26-17-6-1-4-15(12-17)24-21-9-3-8-20(21)22-14-19(10-11-23(22)30-24)34(32,33)31-18-7-2-5-16(13-18)25(27,28)29/h1-8,10-14,20-21,24,30-31H,9H2/t20-,21+,24+/m0/s1. The molecule has 0 spiro atoms. The molecule has 0 fully saturated rings. The molecule has 1 aliphatic carbocycles. The first-order chi connectivity index (χ1) is 16.1. The maximum atomic E-state index is 13.0. The van der Waals surface area contributed by atoms with E-state index in [1.807, 2.05) is 24.3 Å². The Morgan fingerprint density at radius 3 is 2.56 bits per heavy atom. The van der Waals surface area contributed by atoms with Crippen molar-refractivity contribution in [3.05, 3.63) is 101 Å². The molecule has 4 nitrogen and oxygen atoms in total. The van der Waals surface area contributed by atoms with Gasteiger partial charge >= 0.3 is 6.18 Å². The molecule has 176 valence electrons. The van der Waals surface area contributed by atoms with E-state index in [2.05, 4.69) is 22.2 Å². The van der Waals surface area contributed by atoms with Gasteiger partial charge in [0.1, 0.15) is 0 Å². The Kier molecular flexibility index (Phi) is 5.61. The van der Waals surface area contributed by atoms with Gasteiger partial charge < -0.3 is 5.32 Å². The van der Waals surface area contributed by atoms with Crippen molar-refractivity contribution in [1.82, 2.24) is 0 Å². The van der Waals surface area contributed by atoms with Crippen molar-refractivity contribution in [3.63, 3.8) is 0 Å². The summed E-state index contributed by atoms with van der Waals surface area (Å²) in [6.45, 7) is 0. The number of allylic oxidation sites excluding steroid dienone is 2. The van der Waals surface area contributed by atoms with Gasteiger partial charge in [-0.2, -0.15) is 13.2 Å². The van der Waals surface area contributed by atoms with Gasteiger partial charge in [-0.3, -0.25) is 4.72 Å². The van der Waals surface area contributed by atoms with Gasteiger partial charge in [0.25, 0.3) is 10.0 Å². The molecule has 0 radical (unpaired) electrons. The predicted octanol–water partition coefficient (Wildman–Crippen LogP) is 6.99. The van der Waals surface area contributed by atoms with Crippen LogP contribution in [0.4, 0.5) is 24.5 Å². The summed E-state index contributed by atoms with van der Waals surface area (Å²) in [4.78, 5) is -0.00860. The number of alkyl halides is 3. The first-order valence-electron chi connectivity index (χ1n) is 10.6. The number of benzene rings is 3. The molecule has 0 aromatic heterocycles. The molecule has 0 amide bonds. The summed E-state index contributed by atoms with van der Waals surface area (Å²) in [5.74, 6) is 0.185. The molecule has 1 aliphatic heterocycles. The number of halogens is 4. The van der Waals surface area contributed by atoms with E-state index >= 15 is 0 Å². The Bertz CT molecular complexity index is 1390. The lowest BCUT2D eigenvalue weighted by Crippen LogP contribution is -2.29. The van der Waals surface area contributed by atoms with E-state index in [4.69, 9.17) is 11.6 Å². The van der Waals surface area contributed by atoms with Crippen LogP contribution in [0.2, 0.25) is 5.02 Å². The summed E-state index contributed by atoms with van der Waals surface area (Å²) in [6, 6.07) is 16.6. The quantitative estimate of drug-likeness (QED) is 0.377. The third-order valence-electron chi connectivity index (χ3n) is 6.29. The lowest BCUT2D eigenvalue weighted by Gasteiger charge is -2.37. The van der Waals surface area contributed by atoms with Crippen molar-refractivity contribution in [2.75, 3.05) is 10.0 Å². The predicted molar refractivity (Wildman–Crippen MR) is 126 cm³/mol. The molecule has 0 bridgehead atoms. The Hall–Kier alpha value is -2.97. The lowest BCUT2D eigenvalue weighted by molar-refractivity contribution is -0.137. The highest BCUT2D eigenvalue weighted by atomic mass is 35.5. The molecule has 2 aliphatic rings. The SMILES string of the molecule is O=S(=O)(Nc1cccc(C(F)(F)F)c1)c1ccc2c(c1)[C@H]1C=CC[C@H]1[C@@H](c1cccc(Cl)c1)N2. The lowest BCUT2D eigenvalue weighted by atomic mass is 9.77. The van der Waals surface area contributed by atoms with E-state index < -0.39 is 21.8 Å². The molecule has 0 saturated carbocycles. The summed E-state index contributed by atoms with van der Waals surface area (Å²) >= 11 is 6.20. The van der Waals surface area contributed by atoms with Gasteiger partial charge in [0, 0.05) is 22.3 Å². The number of rotatable bonds is 4. The molecular formula is C25H20ClF3N2O2S. The average Bonchev–Trinajstić information content (AvgIpc) is 3.28. The molecule has 34 heavy (non-hydrogen) atoms. The van der Waals surface area contributed by atoms with Crippen molar-refractivity contribution in [1.29, 1.82) is 0 Å². The molecule has 1 heterocycles. The van der Waals surface area contributed by atoms with E-state index in [1.165, 1.54) is 18.2 Å². The second-order valence-corrected chi connectivity index (χ2v) is 10.6. The minimum atomic E-state index is -4.57. The molecule has 5 rings (SSSR count). The van der Waals surface area contributed by atoms with E-state index in [-0.39, 0.29) is 28.5 Å². The van der Waals surface area contributed by atoms with Gasteiger partial charge in [-0.15, -0.1) is 0 Å². The van der Waals surface area contributed by atoms with Crippen molar-refractivity contribution >= 4 is 33.0 Å². The van der Waals surface area contributed by atoms with Crippen LogP contribution >= 0.6 is 11.6 Å². The molecule has 3 atom stereocenters. The summed E-state index contributed by atoms with van der Waals surface area (Å²) in [5.41, 5.74) is 1.64. The Morgan fingerprint density at radius 1 is 1.00 bits per heavy atom.